The molecule has 3 heterocycles. The molecule has 0 spiro atoms. The maximum absolute atomic E-state index is 12.4. The van der Waals surface area contributed by atoms with Crippen molar-refractivity contribution in [3.05, 3.63) is 105 Å². The van der Waals surface area contributed by atoms with E-state index in [0.717, 1.165) is 28.5 Å². The Labute approximate surface area is 210 Å². The summed E-state index contributed by atoms with van der Waals surface area (Å²) in [5.74, 6) is 0.541. The molecular formula is C26H19N5O4S. The van der Waals surface area contributed by atoms with Gasteiger partial charge in [0.2, 0.25) is 0 Å². The lowest BCUT2D eigenvalue weighted by atomic mass is 10.1. The lowest BCUT2D eigenvalue weighted by Crippen LogP contribution is -1.98. The maximum atomic E-state index is 12.4. The molecule has 0 unspecified atom stereocenters. The highest BCUT2D eigenvalue weighted by Crippen LogP contribution is 2.36. The van der Waals surface area contributed by atoms with E-state index < -0.39 is 10.9 Å². The van der Waals surface area contributed by atoms with Gasteiger partial charge in [0.25, 0.3) is 5.69 Å². The number of aryl methyl sites for hydroxylation is 1. The van der Waals surface area contributed by atoms with Crippen LogP contribution >= 0.6 is 11.8 Å². The molecule has 4 aromatic rings. The minimum absolute atomic E-state index is 0.102. The summed E-state index contributed by atoms with van der Waals surface area (Å²) in [5.41, 5.74) is 3.39. The van der Waals surface area contributed by atoms with Crippen molar-refractivity contribution in [2.75, 3.05) is 0 Å². The molecule has 0 saturated heterocycles. The summed E-state index contributed by atoms with van der Waals surface area (Å²) in [6.07, 6.45) is 6.56. The second-order valence-corrected chi connectivity index (χ2v) is 9.07. The van der Waals surface area contributed by atoms with Crippen LogP contribution in [0.15, 0.2) is 88.7 Å². The lowest BCUT2D eigenvalue weighted by Gasteiger charge is -2.05. The van der Waals surface area contributed by atoms with Crippen molar-refractivity contribution in [2.24, 2.45) is 7.05 Å². The summed E-state index contributed by atoms with van der Waals surface area (Å²) >= 11 is 1.14. The quantitative estimate of drug-likeness (QED) is 0.154. The van der Waals surface area contributed by atoms with Crippen molar-refractivity contribution < 1.29 is 14.5 Å². The number of hydrogen-bond donors (Lipinski definition) is 0. The minimum Gasteiger partial charge on any atom is -0.422 e. The summed E-state index contributed by atoms with van der Waals surface area (Å²) in [4.78, 5) is 28.3. The molecule has 5 rings (SSSR count). The minimum atomic E-state index is -0.506. The average Bonchev–Trinajstić information content (AvgIpc) is 3.43. The third kappa shape index (κ3) is 4.66. The highest BCUT2D eigenvalue weighted by Gasteiger charge is 2.23. The van der Waals surface area contributed by atoms with Gasteiger partial charge in [-0.3, -0.25) is 15.1 Å². The van der Waals surface area contributed by atoms with Gasteiger partial charge in [-0.2, -0.15) is 0 Å². The van der Waals surface area contributed by atoms with Gasteiger partial charge in [0.1, 0.15) is 5.76 Å². The molecular weight excluding hydrogens is 478 g/mol. The highest BCUT2D eigenvalue weighted by molar-refractivity contribution is 7.99. The fraction of sp³-hybridized carbons (Fsp3) is 0.0769. The third-order valence-corrected chi connectivity index (χ3v) is 6.62. The highest BCUT2D eigenvalue weighted by atomic mass is 32.2. The fourth-order valence-corrected chi connectivity index (χ4v) is 4.51. The van der Waals surface area contributed by atoms with Crippen LogP contribution in [0, 0.1) is 17.0 Å². The molecule has 0 amide bonds. The number of benzene rings is 2. The number of hydrogen-bond acceptors (Lipinski definition) is 8. The van der Waals surface area contributed by atoms with Crippen LogP contribution in [0.4, 0.5) is 5.69 Å². The molecule has 1 aliphatic rings. The maximum Gasteiger partial charge on any atom is 0.343 e. The van der Waals surface area contributed by atoms with Crippen LogP contribution in [0.1, 0.15) is 16.7 Å². The molecule has 2 aromatic carbocycles. The molecule has 2 aromatic heterocycles. The SMILES string of the molecule is Cc1ccc(C2=CC(=Cc3ccc(Sc4nnc(-c5cccnc5)n4C)c([N+](=O)[O-])c3)C(=O)O2)cc1. The van der Waals surface area contributed by atoms with Crippen LogP contribution in [0.3, 0.4) is 0 Å². The Bertz CT molecular complexity index is 1540. The van der Waals surface area contributed by atoms with Gasteiger partial charge in [-0.05, 0) is 54.6 Å². The van der Waals surface area contributed by atoms with Crippen LogP contribution < -0.4 is 0 Å². The number of carbonyl (C=O) groups excluding carboxylic acids is 1. The van der Waals surface area contributed by atoms with Gasteiger partial charge in [0.05, 0.1) is 15.4 Å². The Morgan fingerprint density at radius 2 is 1.89 bits per heavy atom. The number of nitrogens with zero attached hydrogens (tertiary/aromatic N) is 5. The van der Waals surface area contributed by atoms with Gasteiger partial charge in [-0.25, -0.2) is 4.79 Å². The first-order chi connectivity index (χ1) is 17.4. The molecule has 0 saturated carbocycles. The van der Waals surface area contributed by atoms with Gasteiger partial charge in [-0.15, -0.1) is 10.2 Å². The van der Waals surface area contributed by atoms with Crippen molar-refractivity contribution in [1.82, 2.24) is 19.7 Å². The Morgan fingerprint density at radius 1 is 1.08 bits per heavy atom. The fourth-order valence-electron chi connectivity index (χ4n) is 3.63. The third-order valence-electron chi connectivity index (χ3n) is 5.52. The van der Waals surface area contributed by atoms with E-state index in [1.807, 2.05) is 37.3 Å². The average molecular weight is 498 g/mol. The first-order valence-electron chi connectivity index (χ1n) is 10.9. The monoisotopic (exact) mass is 497 g/mol. The molecule has 0 aliphatic carbocycles. The van der Waals surface area contributed by atoms with Crippen molar-refractivity contribution in [1.29, 1.82) is 0 Å². The number of esters is 1. The second kappa shape index (κ2) is 9.59. The summed E-state index contributed by atoms with van der Waals surface area (Å²) in [6.45, 7) is 1.98. The zero-order valence-electron chi connectivity index (χ0n) is 19.3. The van der Waals surface area contributed by atoms with Crippen molar-refractivity contribution in [3.8, 4) is 11.4 Å². The molecule has 0 atom stereocenters. The Morgan fingerprint density at radius 3 is 2.61 bits per heavy atom. The Kier molecular flexibility index (Phi) is 6.17. The molecule has 0 bridgehead atoms. The number of nitro benzene ring substituents is 1. The van der Waals surface area contributed by atoms with Crippen LogP contribution in [-0.2, 0) is 16.6 Å². The largest absolute Gasteiger partial charge is 0.422 e. The zero-order valence-corrected chi connectivity index (χ0v) is 20.1. The molecule has 10 heteroatoms. The van der Waals surface area contributed by atoms with E-state index in [4.69, 9.17) is 4.74 Å². The predicted octanol–water partition coefficient (Wildman–Crippen LogP) is 5.23. The number of pyridine rings is 1. The number of carbonyl (C=O) groups is 1. The van der Waals surface area contributed by atoms with Crippen LogP contribution in [0.25, 0.3) is 23.2 Å². The van der Waals surface area contributed by atoms with Gasteiger partial charge < -0.3 is 9.30 Å². The van der Waals surface area contributed by atoms with Crippen LogP contribution in [0.2, 0.25) is 0 Å². The number of cyclic esters (lactones) is 1. The van der Waals surface area contributed by atoms with Gasteiger partial charge in [0, 0.05) is 36.6 Å². The van der Waals surface area contributed by atoms with E-state index >= 15 is 0 Å². The first-order valence-corrected chi connectivity index (χ1v) is 11.7. The van der Waals surface area contributed by atoms with E-state index in [0.29, 0.717) is 32.8 Å². The Balaban J connectivity index is 1.43. The van der Waals surface area contributed by atoms with E-state index in [9.17, 15) is 14.9 Å². The zero-order chi connectivity index (χ0) is 25.2. The van der Waals surface area contributed by atoms with Crippen molar-refractivity contribution in [3.63, 3.8) is 0 Å². The number of ether oxygens (including phenoxy) is 1. The van der Waals surface area contributed by atoms with E-state index in [-0.39, 0.29) is 5.69 Å². The number of aromatic nitrogens is 4. The molecule has 9 nitrogen and oxygen atoms in total. The van der Waals surface area contributed by atoms with Gasteiger partial charge in [0.15, 0.2) is 11.0 Å². The van der Waals surface area contributed by atoms with Gasteiger partial charge >= 0.3 is 5.97 Å². The molecule has 36 heavy (non-hydrogen) atoms. The molecule has 0 N–H and O–H groups in total. The number of nitro groups is 1. The van der Waals surface area contributed by atoms with Crippen molar-refractivity contribution in [2.45, 2.75) is 17.0 Å². The van der Waals surface area contributed by atoms with E-state index in [2.05, 4.69) is 15.2 Å². The topological polar surface area (TPSA) is 113 Å². The van der Waals surface area contributed by atoms with E-state index in [1.54, 1.807) is 54.4 Å². The first kappa shape index (κ1) is 23.2. The van der Waals surface area contributed by atoms with Gasteiger partial charge in [-0.1, -0.05) is 35.9 Å². The molecule has 178 valence electrons. The normalized spacial score (nSPS) is 14.1. The van der Waals surface area contributed by atoms with E-state index in [1.165, 1.54) is 6.07 Å². The number of rotatable bonds is 6. The summed E-state index contributed by atoms with van der Waals surface area (Å²) < 4.78 is 7.16. The second-order valence-electron chi connectivity index (χ2n) is 8.06. The molecule has 0 radical (unpaired) electrons. The predicted molar refractivity (Wildman–Crippen MR) is 135 cm³/mol. The smallest absolute Gasteiger partial charge is 0.343 e. The van der Waals surface area contributed by atoms with Crippen LogP contribution in [0.5, 0.6) is 0 Å². The van der Waals surface area contributed by atoms with Crippen molar-refractivity contribution >= 4 is 35.3 Å². The van der Waals surface area contributed by atoms with Crippen LogP contribution in [-0.4, -0.2) is 30.6 Å². The molecule has 0 fully saturated rings. The molecule has 1 aliphatic heterocycles. The Hall–Kier alpha value is -4.57. The summed E-state index contributed by atoms with van der Waals surface area (Å²) in [5, 5.41) is 20.7. The lowest BCUT2D eigenvalue weighted by molar-refractivity contribution is -0.387. The standard InChI is InChI=1S/C26H19N5O4S/c1-16-5-8-18(9-6-16)22-14-20(25(32)35-22)12-17-7-10-23(21(13-17)31(33)34)36-26-29-28-24(30(26)2)19-4-3-11-27-15-19/h3-15H,1-2H3. The summed E-state index contributed by atoms with van der Waals surface area (Å²) in [6, 6.07) is 16.1. The summed E-state index contributed by atoms with van der Waals surface area (Å²) in [7, 11) is 1.79.